The van der Waals surface area contributed by atoms with Gasteiger partial charge in [-0.3, -0.25) is 0 Å². The molecule has 0 radical (unpaired) electrons. The molecule has 14 atom stereocenters. The lowest BCUT2D eigenvalue weighted by Crippen LogP contribution is -2.65. The second kappa shape index (κ2) is 13.1. The van der Waals surface area contributed by atoms with Crippen LogP contribution < -0.4 is 0 Å². The Kier molecular flexibility index (Phi) is 11.4. The van der Waals surface area contributed by atoms with E-state index in [1.54, 1.807) is 0 Å². The minimum Gasteiger partial charge on any atom is -0.394 e. The Hall–Kier alpha value is -0.640. The molecule has 0 spiro atoms. The zero-order valence-corrected chi connectivity index (χ0v) is 17.9. The molecule has 16 nitrogen and oxygen atoms in total. The van der Waals surface area contributed by atoms with Crippen molar-refractivity contribution >= 4 is 0 Å². The van der Waals surface area contributed by atoms with E-state index in [0.29, 0.717) is 0 Å². The largest absolute Gasteiger partial charge is 0.394 e. The molecule has 2 saturated heterocycles. The van der Waals surface area contributed by atoms with Crippen LogP contribution in [0.1, 0.15) is 0 Å². The Morgan fingerprint density at radius 3 is 1.68 bits per heavy atom. The Morgan fingerprint density at radius 1 is 0.618 bits per heavy atom. The van der Waals surface area contributed by atoms with Crippen molar-refractivity contribution < 1.29 is 80.2 Å². The molecule has 0 aromatic heterocycles. The predicted molar refractivity (Wildman–Crippen MR) is 103 cm³/mol. The van der Waals surface area contributed by atoms with E-state index >= 15 is 0 Å². The molecule has 0 aromatic rings. The molecule has 2 aliphatic heterocycles. The van der Waals surface area contributed by atoms with Crippen molar-refractivity contribution in [3.05, 3.63) is 0 Å². The minimum atomic E-state index is -1.98. The third-order valence-electron chi connectivity index (χ3n) is 5.74. The van der Waals surface area contributed by atoms with Crippen LogP contribution in [0.15, 0.2) is 0 Å². The van der Waals surface area contributed by atoms with Gasteiger partial charge < -0.3 is 80.2 Å². The van der Waals surface area contributed by atoms with Gasteiger partial charge >= 0.3 is 0 Å². The molecule has 2 fully saturated rings. The van der Waals surface area contributed by atoms with Gasteiger partial charge in [0, 0.05) is 0 Å². The average molecular weight is 506 g/mol. The number of aliphatic hydroxyl groups excluding tert-OH is 12. The summed E-state index contributed by atoms with van der Waals surface area (Å²) in [6, 6.07) is 0. The highest BCUT2D eigenvalue weighted by molar-refractivity contribution is 4.95. The molecular formula is C18H34O16. The summed E-state index contributed by atoms with van der Waals surface area (Å²) in [5.74, 6) is 0. The minimum absolute atomic E-state index is 0.757. The van der Waals surface area contributed by atoms with Gasteiger partial charge in [0.1, 0.15) is 73.2 Å². The van der Waals surface area contributed by atoms with Gasteiger partial charge in [-0.15, -0.1) is 0 Å². The Bertz CT molecular complexity index is 594. The lowest BCUT2D eigenvalue weighted by molar-refractivity contribution is -0.367. The Labute approximate surface area is 193 Å². The normalized spacial score (nSPS) is 42.7. The highest BCUT2D eigenvalue weighted by Crippen LogP contribution is 2.30. The van der Waals surface area contributed by atoms with Crippen LogP contribution in [0.4, 0.5) is 0 Å². The van der Waals surface area contributed by atoms with Crippen molar-refractivity contribution in [2.24, 2.45) is 0 Å². The quantitative estimate of drug-likeness (QED) is 0.124. The highest BCUT2D eigenvalue weighted by atomic mass is 16.7. The van der Waals surface area contributed by atoms with Crippen molar-refractivity contribution in [1.29, 1.82) is 0 Å². The molecule has 2 rings (SSSR count). The van der Waals surface area contributed by atoms with E-state index < -0.39 is 112 Å². The molecule has 0 unspecified atom stereocenters. The summed E-state index contributed by atoms with van der Waals surface area (Å²) in [4.78, 5) is 0. The third-order valence-corrected chi connectivity index (χ3v) is 5.74. The second-order valence-corrected chi connectivity index (χ2v) is 8.10. The van der Waals surface area contributed by atoms with Crippen molar-refractivity contribution in [2.75, 3.05) is 26.4 Å². The maximum Gasteiger partial charge on any atom is 0.187 e. The van der Waals surface area contributed by atoms with Gasteiger partial charge in [0.2, 0.25) is 0 Å². The number of ether oxygens (including phenoxy) is 4. The van der Waals surface area contributed by atoms with Crippen molar-refractivity contribution in [2.45, 2.75) is 85.8 Å². The van der Waals surface area contributed by atoms with Crippen LogP contribution >= 0.6 is 0 Å². The van der Waals surface area contributed by atoms with E-state index in [9.17, 15) is 56.2 Å². The molecule has 0 saturated carbocycles. The topological polar surface area (TPSA) is 280 Å². The van der Waals surface area contributed by atoms with Gasteiger partial charge in [-0.25, -0.2) is 0 Å². The van der Waals surface area contributed by atoms with E-state index in [1.807, 2.05) is 0 Å². The fourth-order valence-electron chi connectivity index (χ4n) is 3.65. The maximum atomic E-state index is 10.6. The fourth-order valence-corrected chi connectivity index (χ4v) is 3.65. The maximum absolute atomic E-state index is 10.6. The summed E-state index contributed by atoms with van der Waals surface area (Å²) in [5, 5.41) is 118. The molecule has 0 bridgehead atoms. The highest BCUT2D eigenvalue weighted by Gasteiger charge is 2.51. The standard InChI is InChI=1S/C18H34O16/c19-1-5(23)9(25)15(6(24)2-20)33-18-14(30)12(28)16(8(4-22)32-18)34-17-13(29)11(27)10(26)7(3-21)31-17/h5-30H,1-4H2/t5-,6+,7+,8-,9-,10-,11-,12-,13-,14-,15-,16-,17-,18+/m0/s1. The first-order valence-corrected chi connectivity index (χ1v) is 10.5. The van der Waals surface area contributed by atoms with E-state index in [1.165, 1.54) is 0 Å². The predicted octanol–water partition coefficient (Wildman–Crippen LogP) is -7.94. The molecule has 2 aliphatic rings. The van der Waals surface area contributed by atoms with Gasteiger partial charge in [-0.05, 0) is 0 Å². The Balaban J connectivity index is 2.17. The summed E-state index contributed by atoms with van der Waals surface area (Å²) in [7, 11) is 0. The van der Waals surface area contributed by atoms with Crippen molar-refractivity contribution in [3.63, 3.8) is 0 Å². The lowest BCUT2D eigenvalue weighted by Gasteiger charge is -2.46. The van der Waals surface area contributed by atoms with Crippen LogP contribution in [-0.4, -0.2) is 174 Å². The van der Waals surface area contributed by atoms with Crippen LogP contribution in [0, 0.1) is 0 Å². The molecule has 34 heavy (non-hydrogen) atoms. The zero-order valence-electron chi connectivity index (χ0n) is 17.9. The van der Waals surface area contributed by atoms with Crippen LogP contribution in [0.3, 0.4) is 0 Å². The zero-order chi connectivity index (χ0) is 25.7. The van der Waals surface area contributed by atoms with Gasteiger partial charge in [0.25, 0.3) is 0 Å². The van der Waals surface area contributed by atoms with Crippen LogP contribution in [-0.2, 0) is 18.9 Å². The van der Waals surface area contributed by atoms with E-state index in [2.05, 4.69) is 0 Å². The van der Waals surface area contributed by atoms with Gasteiger partial charge in [-0.2, -0.15) is 0 Å². The molecule has 0 amide bonds. The number of rotatable bonds is 11. The smallest absolute Gasteiger partial charge is 0.187 e. The molecule has 2 heterocycles. The van der Waals surface area contributed by atoms with Crippen LogP contribution in [0.2, 0.25) is 0 Å². The summed E-state index contributed by atoms with van der Waals surface area (Å²) in [6.07, 6.45) is -24.7. The van der Waals surface area contributed by atoms with E-state index in [4.69, 9.17) is 24.1 Å². The van der Waals surface area contributed by atoms with Crippen molar-refractivity contribution in [3.8, 4) is 0 Å². The lowest BCUT2D eigenvalue weighted by atomic mass is 9.96. The van der Waals surface area contributed by atoms with Gasteiger partial charge in [-0.1, -0.05) is 0 Å². The molecular weight excluding hydrogens is 472 g/mol. The molecule has 202 valence electrons. The van der Waals surface area contributed by atoms with Gasteiger partial charge in [0.05, 0.1) is 26.4 Å². The first-order chi connectivity index (χ1) is 16.0. The fraction of sp³-hybridized carbons (Fsp3) is 1.00. The van der Waals surface area contributed by atoms with E-state index in [-0.39, 0.29) is 0 Å². The molecule has 0 aliphatic carbocycles. The van der Waals surface area contributed by atoms with Crippen LogP contribution in [0.25, 0.3) is 0 Å². The summed E-state index contributed by atoms with van der Waals surface area (Å²) in [5.41, 5.74) is 0. The Morgan fingerprint density at radius 2 is 1.15 bits per heavy atom. The molecule has 0 aromatic carbocycles. The number of hydrogen-bond donors (Lipinski definition) is 12. The SMILES string of the molecule is OC[C@@H](O)[C@H](O[C@H]1O[C@@H](CO)[C@H](O[C@@H]2O[C@H](CO)[C@H](O)[C@H](O)[C@@H]2O)[C@@H](O)[C@@H]1O)[C@@H](O)[C@@H](O)CO. The summed E-state index contributed by atoms with van der Waals surface area (Å²) in [6.45, 7) is -3.52. The van der Waals surface area contributed by atoms with E-state index in [0.717, 1.165) is 0 Å². The second-order valence-electron chi connectivity index (χ2n) is 8.10. The summed E-state index contributed by atoms with van der Waals surface area (Å²) >= 11 is 0. The monoisotopic (exact) mass is 506 g/mol. The third kappa shape index (κ3) is 6.37. The van der Waals surface area contributed by atoms with Crippen molar-refractivity contribution in [1.82, 2.24) is 0 Å². The average Bonchev–Trinajstić information content (AvgIpc) is 2.84. The molecule has 16 heteroatoms. The summed E-state index contributed by atoms with van der Waals surface area (Å²) < 4.78 is 21.2. The number of hydrogen-bond acceptors (Lipinski definition) is 16. The first kappa shape index (κ1) is 29.6. The number of aliphatic hydroxyl groups is 12. The van der Waals surface area contributed by atoms with Crippen LogP contribution in [0.5, 0.6) is 0 Å². The first-order valence-electron chi connectivity index (χ1n) is 10.5. The van der Waals surface area contributed by atoms with Gasteiger partial charge in [0.15, 0.2) is 12.6 Å². The molecule has 12 N–H and O–H groups in total.